The molecule has 1 unspecified atom stereocenters. The van der Waals surface area contributed by atoms with Crippen molar-refractivity contribution in [2.45, 2.75) is 16.6 Å². The van der Waals surface area contributed by atoms with Gasteiger partial charge in [-0.2, -0.15) is 0 Å². The number of hydrogen-bond acceptors (Lipinski definition) is 6. The summed E-state index contributed by atoms with van der Waals surface area (Å²) in [6.45, 7) is 0. The summed E-state index contributed by atoms with van der Waals surface area (Å²) in [6.07, 6.45) is 1.62. The Morgan fingerprint density at radius 1 is 0.886 bits per heavy atom. The number of nitrogens with one attached hydrogen (secondary N) is 2. The highest BCUT2D eigenvalue weighted by Crippen LogP contribution is 2.34. The van der Waals surface area contributed by atoms with Gasteiger partial charge < -0.3 is 15.5 Å². The van der Waals surface area contributed by atoms with Crippen molar-refractivity contribution >= 4 is 58.5 Å². The van der Waals surface area contributed by atoms with Gasteiger partial charge >= 0.3 is 0 Å². The van der Waals surface area contributed by atoms with Crippen LogP contribution in [0.4, 0.5) is 21.5 Å². The fourth-order valence-electron chi connectivity index (χ4n) is 4.51. The van der Waals surface area contributed by atoms with E-state index in [-0.39, 0.29) is 23.9 Å². The molecule has 2 N–H and O–H groups in total. The number of nitrogens with zero attached hydrogens (tertiary/aromatic N) is 2. The van der Waals surface area contributed by atoms with Crippen LogP contribution in [-0.2, 0) is 14.4 Å². The molecule has 1 fully saturated rings. The first-order chi connectivity index (χ1) is 21.2. The Labute approximate surface area is 258 Å². The summed E-state index contributed by atoms with van der Waals surface area (Å²) < 4.78 is 13.3. The molecular weight excluding hydrogens is 579 g/mol. The average molecular weight is 609 g/mol. The summed E-state index contributed by atoms with van der Waals surface area (Å²) in [5.74, 6) is -2.11. The molecule has 0 spiro atoms. The molecule has 4 aromatic carbocycles. The number of amides is 4. The number of carbonyl (C=O) groups is 4. The quantitative estimate of drug-likeness (QED) is 0.186. The topological polar surface area (TPSA) is 98.8 Å². The zero-order chi connectivity index (χ0) is 31.2. The summed E-state index contributed by atoms with van der Waals surface area (Å²) in [5.41, 5.74) is 3.00. The third-order valence-electron chi connectivity index (χ3n) is 6.83. The van der Waals surface area contributed by atoms with Gasteiger partial charge in [-0.1, -0.05) is 30.3 Å². The van der Waals surface area contributed by atoms with E-state index in [1.807, 2.05) is 43.3 Å². The highest BCUT2D eigenvalue weighted by Gasteiger charge is 2.40. The molecule has 1 heterocycles. The minimum atomic E-state index is -0.630. The van der Waals surface area contributed by atoms with Crippen LogP contribution in [0.1, 0.15) is 22.3 Å². The highest BCUT2D eigenvalue weighted by atomic mass is 32.2. The molecule has 5 rings (SSSR count). The molecule has 1 atom stereocenters. The van der Waals surface area contributed by atoms with Crippen molar-refractivity contribution in [2.24, 2.45) is 0 Å². The normalized spacial score (nSPS) is 14.8. The first kappa shape index (κ1) is 30.2. The van der Waals surface area contributed by atoms with E-state index in [9.17, 15) is 23.6 Å². The fourth-order valence-corrected chi connectivity index (χ4v) is 5.57. The Bertz CT molecular complexity index is 1710. The summed E-state index contributed by atoms with van der Waals surface area (Å²) in [7, 11) is 3.86. The number of anilines is 3. The maximum Gasteiger partial charge on any atom is 0.272 e. The van der Waals surface area contributed by atoms with Crippen molar-refractivity contribution in [1.82, 2.24) is 5.32 Å². The molecule has 222 valence electrons. The lowest BCUT2D eigenvalue weighted by molar-refractivity contribution is -0.121. The number of benzene rings is 4. The lowest BCUT2D eigenvalue weighted by Crippen LogP contribution is -2.31. The van der Waals surface area contributed by atoms with Crippen LogP contribution in [0.2, 0.25) is 0 Å². The molecule has 0 radical (unpaired) electrons. The maximum absolute atomic E-state index is 13.4. The fraction of sp³-hybridized carbons (Fsp3) is 0.118. The van der Waals surface area contributed by atoms with Gasteiger partial charge in [0.05, 0.1) is 10.9 Å². The lowest BCUT2D eigenvalue weighted by atomic mass is 10.1. The van der Waals surface area contributed by atoms with E-state index in [0.717, 1.165) is 21.0 Å². The molecule has 0 bridgehead atoms. The number of halogens is 1. The van der Waals surface area contributed by atoms with Crippen molar-refractivity contribution < 1.29 is 23.6 Å². The van der Waals surface area contributed by atoms with Gasteiger partial charge in [0, 0.05) is 42.3 Å². The maximum atomic E-state index is 13.4. The summed E-state index contributed by atoms with van der Waals surface area (Å²) in [4.78, 5) is 55.6. The molecule has 0 aromatic heterocycles. The van der Waals surface area contributed by atoms with E-state index in [1.54, 1.807) is 60.7 Å². The minimum absolute atomic E-state index is 0.0180. The second-order valence-corrected chi connectivity index (χ2v) is 11.5. The SMILES string of the molecule is CN(C)c1ccc(/C=C(\NC(=O)c2ccccc2)C(=O)Nc2ccc(SC3CC(=O)N(c4ccc(F)cc4)C3=O)cc2)cc1. The van der Waals surface area contributed by atoms with Crippen LogP contribution in [-0.4, -0.2) is 43.0 Å². The molecular formula is C34H29FN4O4S. The summed E-state index contributed by atoms with van der Waals surface area (Å²) in [6, 6.07) is 28.2. The Morgan fingerprint density at radius 2 is 1.55 bits per heavy atom. The second-order valence-electron chi connectivity index (χ2n) is 10.2. The van der Waals surface area contributed by atoms with Crippen molar-refractivity contribution in [3.05, 3.63) is 126 Å². The number of hydrogen-bond donors (Lipinski definition) is 2. The van der Waals surface area contributed by atoms with Gasteiger partial charge in [0.15, 0.2) is 0 Å². The van der Waals surface area contributed by atoms with Gasteiger partial charge in [-0.25, -0.2) is 9.29 Å². The molecule has 4 amide bonds. The Morgan fingerprint density at radius 3 is 2.18 bits per heavy atom. The van der Waals surface area contributed by atoms with E-state index in [4.69, 9.17) is 0 Å². The second kappa shape index (κ2) is 13.4. The van der Waals surface area contributed by atoms with E-state index in [0.29, 0.717) is 16.9 Å². The van der Waals surface area contributed by atoms with E-state index in [2.05, 4.69) is 10.6 Å². The number of rotatable bonds is 9. The van der Waals surface area contributed by atoms with Crippen molar-refractivity contribution in [1.29, 1.82) is 0 Å². The van der Waals surface area contributed by atoms with Gasteiger partial charge in [-0.15, -0.1) is 11.8 Å². The third-order valence-corrected chi connectivity index (χ3v) is 8.03. The first-order valence-electron chi connectivity index (χ1n) is 13.7. The van der Waals surface area contributed by atoms with Crippen LogP contribution in [0.5, 0.6) is 0 Å². The van der Waals surface area contributed by atoms with Crippen molar-refractivity contribution in [3.8, 4) is 0 Å². The molecule has 8 nitrogen and oxygen atoms in total. The molecule has 0 saturated carbocycles. The van der Waals surface area contributed by atoms with Gasteiger partial charge in [-0.3, -0.25) is 19.2 Å². The molecule has 0 aliphatic carbocycles. The number of imide groups is 1. The molecule has 10 heteroatoms. The van der Waals surface area contributed by atoms with Crippen LogP contribution in [0.15, 0.2) is 114 Å². The van der Waals surface area contributed by atoms with E-state index >= 15 is 0 Å². The molecule has 1 aliphatic heterocycles. The monoisotopic (exact) mass is 608 g/mol. The average Bonchev–Trinajstić information content (AvgIpc) is 3.30. The van der Waals surface area contributed by atoms with Crippen molar-refractivity contribution in [2.75, 3.05) is 29.2 Å². The molecule has 1 saturated heterocycles. The van der Waals surface area contributed by atoms with Crippen LogP contribution >= 0.6 is 11.8 Å². The van der Waals surface area contributed by atoms with Crippen LogP contribution in [0, 0.1) is 5.82 Å². The smallest absolute Gasteiger partial charge is 0.272 e. The van der Waals surface area contributed by atoms with E-state index < -0.39 is 22.9 Å². The van der Waals surface area contributed by atoms with E-state index in [1.165, 1.54) is 36.0 Å². The zero-order valence-electron chi connectivity index (χ0n) is 24.0. The Balaban J connectivity index is 1.28. The molecule has 4 aromatic rings. The van der Waals surface area contributed by atoms with Gasteiger partial charge in [0.25, 0.3) is 11.8 Å². The predicted octanol–water partition coefficient (Wildman–Crippen LogP) is 5.73. The molecule has 44 heavy (non-hydrogen) atoms. The predicted molar refractivity (Wildman–Crippen MR) is 171 cm³/mol. The first-order valence-corrected chi connectivity index (χ1v) is 14.6. The number of thioether (sulfide) groups is 1. The minimum Gasteiger partial charge on any atom is -0.378 e. The Hall–Kier alpha value is -5.22. The summed E-state index contributed by atoms with van der Waals surface area (Å²) >= 11 is 1.24. The van der Waals surface area contributed by atoms with Gasteiger partial charge in [-0.05, 0) is 84.4 Å². The van der Waals surface area contributed by atoms with Crippen LogP contribution in [0.3, 0.4) is 0 Å². The molecule has 1 aliphatic rings. The largest absolute Gasteiger partial charge is 0.378 e. The standard InChI is InChI=1S/C34H29FN4O4S/c1-38(2)26-14-8-22(9-15-26)20-29(37-32(41)23-6-4-3-5-7-23)33(42)36-25-12-18-28(19-13-25)44-30-21-31(40)39(34(30)43)27-16-10-24(35)11-17-27/h3-20,30H,21H2,1-2H3,(H,36,42)(H,37,41)/b29-20-. The zero-order valence-corrected chi connectivity index (χ0v) is 24.8. The highest BCUT2D eigenvalue weighted by molar-refractivity contribution is 8.00. The lowest BCUT2D eigenvalue weighted by Gasteiger charge is -2.15. The van der Waals surface area contributed by atoms with Crippen LogP contribution in [0.25, 0.3) is 6.08 Å². The van der Waals surface area contributed by atoms with Crippen molar-refractivity contribution in [3.63, 3.8) is 0 Å². The van der Waals surface area contributed by atoms with Gasteiger partial charge in [0.2, 0.25) is 11.8 Å². The van der Waals surface area contributed by atoms with Crippen LogP contribution < -0.4 is 20.4 Å². The Kier molecular flexibility index (Phi) is 9.20. The van der Waals surface area contributed by atoms with Gasteiger partial charge in [0.1, 0.15) is 11.5 Å². The summed E-state index contributed by atoms with van der Waals surface area (Å²) in [5, 5.41) is 4.92. The third kappa shape index (κ3) is 7.22. The number of carbonyl (C=O) groups excluding carboxylic acids is 4.